The molecule has 0 aliphatic heterocycles. The van der Waals surface area contributed by atoms with Gasteiger partial charge < -0.3 is 25.4 Å². The number of carboxylic acids is 2. The average molecular weight is 1480 g/mol. The number of nitrogens with one attached hydrogen (secondary N) is 2. The number of aliphatic carboxylic acids is 2. The van der Waals surface area contributed by atoms with Gasteiger partial charge in [0.1, 0.15) is 58.4 Å². The average Bonchev–Trinajstić information content (AvgIpc) is 1.52. The molecule has 6 aromatic rings. The largest absolute Gasteiger partial charge is 0.530 e. The molecule has 99 heavy (non-hydrogen) atoms. The molecule has 2 amide bonds. The zero-order chi connectivity index (χ0) is 73.6. The van der Waals surface area contributed by atoms with Gasteiger partial charge in [-0.15, -0.1) is 0 Å². The molecule has 1 fully saturated rings. The van der Waals surface area contributed by atoms with Gasteiger partial charge in [0.15, 0.2) is 15.5 Å². The predicted octanol–water partition coefficient (Wildman–Crippen LogP) is 10.9. The first-order valence-corrected chi connectivity index (χ1v) is 34.7. The van der Waals surface area contributed by atoms with Gasteiger partial charge >= 0.3 is 32.1 Å². The van der Waals surface area contributed by atoms with Gasteiger partial charge in [0.05, 0.1) is 66.1 Å². The molecular weight excluding hydrogens is 1420 g/mol. The molecule has 0 radical (unpaired) electrons. The first-order valence-electron chi connectivity index (χ1n) is 29.9. The highest BCUT2D eigenvalue weighted by atomic mass is 35.5. The minimum atomic E-state index is -5.27. The van der Waals surface area contributed by atoms with E-state index >= 15 is 17.6 Å². The van der Waals surface area contributed by atoms with Crippen LogP contribution in [0.25, 0.3) is 22.0 Å². The Kier molecular flexibility index (Phi) is 22.8. The number of carbonyl (C=O) groups excluding carboxylic acids is 3. The maximum Gasteiger partial charge on any atom is 0.530 e. The Morgan fingerprint density at radius 3 is 2.10 bits per heavy atom. The number of fused-ring (bicyclic) bond motifs is 4. The van der Waals surface area contributed by atoms with E-state index in [1.165, 1.54) is 66.7 Å². The van der Waals surface area contributed by atoms with Crippen LogP contribution in [0.2, 0.25) is 5.02 Å². The maximum absolute atomic E-state index is 15.8. The number of benzene rings is 3. The van der Waals surface area contributed by atoms with E-state index in [0.29, 0.717) is 15.1 Å². The number of phosphoric acid groups is 1. The minimum Gasteiger partial charge on any atom is -0.481 e. The van der Waals surface area contributed by atoms with Crippen molar-refractivity contribution in [3.8, 4) is 28.7 Å². The third-order valence-electron chi connectivity index (χ3n) is 15.7. The molecule has 3 heterocycles. The standard InChI is InChI=1S/C62H64ClF10N8O15PS2/c1-30(2)94-97(89,95-31(3)4)96-47-11-9-10-34(22-48(83)76-45(58(87)88)25-50(85)86)51(47)32(5)18-38(82)26-79(98(90)91)27-46-53-43(63)15-14-40(55(53)81(77-46)29-60(66,67)68)39-13-12-37(16-17-59(6,7)99(8,92)93)74-54(39)44(21-33-19-35(64)23-36(65)20-33)75-49(84)28-80-57-52(56(78-80)62(71,72)73)41-24-42(41)61(57,69)70/h9-15,19-20,23,30-32,41-42,44-45H,18,21-22,24-29H2,1-8H3,(H,75,84)(H,76,83)(H,85,86)(H,87,88)(H,90,91)/t32?,41-,42+,44-,45-/m0/s1. The van der Waals surface area contributed by atoms with Crippen LogP contribution < -0.4 is 15.2 Å². The molecule has 3 aromatic heterocycles. The van der Waals surface area contributed by atoms with E-state index in [0.717, 1.165) is 42.7 Å². The molecule has 0 bridgehead atoms. The molecule has 1 saturated carbocycles. The first kappa shape index (κ1) is 76.9. The van der Waals surface area contributed by atoms with Gasteiger partial charge in [0.25, 0.3) is 5.92 Å². The smallest absolute Gasteiger partial charge is 0.481 e. The Labute approximate surface area is 566 Å². The number of ketones is 1. The van der Waals surface area contributed by atoms with Crippen molar-refractivity contribution in [2.45, 2.75) is 159 Å². The molecule has 6 atom stereocenters. The number of sulfone groups is 1. The fraction of sp³-hybridized carbons (Fsp3) is 0.452. The van der Waals surface area contributed by atoms with Gasteiger partial charge in [-0.25, -0.2) is 35.8 Å². The van der Waals surface area contributed by atoms with E-state index < -0.39 is 226 Å². The van der Waals surface area contributed by atoms with Crippen LogP contribution in [0.4, 0.5) is 43.9 Å². The molecular formula is C62H64ClF10N8O15PS2. The number of rotatable bonds is 29. The summed E-state index contributed by atoms with van der Waals surface area (Å²) < 4.78 is 230. The molecule has 37 heteroatoms. The second-order valence-corrected chi connectivity index (χ2v) is 30.2. The summed E-state index contributed by atoms with van der Waals surface area (Å²) >= 11 is 3.63. The van der Waals surface area contributed by atoms with Crippen LogP contribution in [0.3, 0.4) is 0 Å². The van der Waals surface area contributed by atoms with E-state index in [9.17, 15) is 82.3 Å². The molecule has 536 valence electrons. The number of alkyl halides is 8. The van der Waals surface area contributed by atoms with Crippen molar-refractivity contribution < 1.29 is 113 Å². The third-order valence-corrected chi connectivity index (χ3v) is 20.5. The summed E-state index contributed by atoms with van der Waals surface area (Å²) in [7, 11) is -8.55. The third kappa shape index (κ3) is 18.4. The molecule has 2 aliphatic rings. The number of hydrogen-bond acceptors (Lipinski definition) is 15. The van der Waals surface area contributed by atoms with Crippen molar-refractivity contribution in [1.29, 1.82) is 0 Å². The van der Waals surface area contributed by atoms with Crippen LogP contribution in [0.15, 0.2) is 60.7 Å². The van der Waals surface area contributed by atoms with Crippen molar-refractivity contribution in [2.24, 2.45) is 5.92 Å². The van der Waals surface area contributed by atoms with E-state index in [1.54, 1.807) is 0 Å². The molecule has 5 N–H and O–H groups in total. The quantitative estimate of drug-likeness (QED) is 0.0126. The summed E-state index contributed by atoms with van der Waals surface area (Å²) in [5.74, 6) is -11.9. The van der Waals surface area contributed by atoms with Gasteiger partial charge in [-0.2, -0.15) is 49.6 Å². The van der Waals surface area contributed by atoms with E-state index in [-0.39, 0.29) is 55.4 Å². The molecule has 0 spiro atoms. The minimum absolute atomic E-state index is 0.00279. The molecule has 8 rings (SSSR count). The van der Waals surface area contributed by atoms with Crippen molar-refractivity contribution in [2.75, 3.05) is 12.8 Å². The van der Waals surface area contributed by atoms with Crippen LogP contribution >= 0.6 is 19.4 Å². The number of pyridine rings is 1. The highest BCUT2D eigenvalue weighted by Gasteiger charge is 2.68. The number of hydrogen-bond donors (Lipinski definition) is 5. The monoisotopic (exact) mass is 1480 g/mol. The summed E-state index contributed by atoms with van der Waals surface area (Å²) in [5, 5.41) is 30.3. The van der Waals surface area contributed by atoms with Gasteiger partial charge in [0.2, 0.25) is 23.1 Å². The lowest BCUT2D eigenvalue weighted by Gasteiger charge is -2.26. The summed E-state index contributed by atoms with van der Waals surface area (Å²) in [6.45, 7) is 4.58. The van der Waals surface area contributed by atoms with Crippen LogP contribution in [0, 0.1) is 29.4 Å². The van der Waals surface area contributed by atoms with Gasteiger partial charge in [-0.1, -0.05) is 42.6 Å². The van der Waals surface area contributed by atoms with E-state index in [1.807, 2.05) is 0 Å². The molecule has 23 nitrogen and oxygen atoms in total. The zero-order valence-corrected chi connectivity index (χ0v) is 56.8. The molecule has 2 unspecified atom stereocenters. The Hall–Kier alpha value is -7.84. The van der Waals surface area contributed by atoms with Crippen LogP contribution in [-0.2, 0) is 103 Å². The van der Waals surface area contributed by atoms with Crippen molar-refractivity contribution in [1.82, 2.24) is 39.5 Å². The van der Waals surface area contributed by atoms with Crippen molar-refractivity contribution in [3.63, 3.8) is 0 Å². The summed E-state index contributed by atoms with van der Waals surface area (Å²) in [5.41, 5.74) is -6.47. The lowest BCUT2D eigenvalue weighted by molar-refractivity contribution is -0.147. The number of halogens is 11. The second kappa shape index (κ2) is 29.4. The number of carbonyl (C=O) groups is 5. The van der Waals surface area contributed by atoms with Gasteiger partial charge in [-0.3, -0.25) is 42.1 Å². The number of carboxylic acid groups (broad SMARTS) is 2. The van der Waals surface area contributed by atoms with Crippen LogP contribution in [0.5, 0.6) is 5.75 Å². The summed E-state index contributed by atoms with van der Waals surface area (Å²) in [6, 6.07) is 6.82. The number of phosphoric ester groups is 1. The Morgan fingerprint density at radius 2 is 1.53 bits per heavy atom. The number of amides is 2. The molecule has 3 aromatic carbocycles. The highest BCUT2D eigenvalue weighted by molar-refractivity contribution is 7.92. The van der Waals surface area contributed by atoms with Crippen molar-refractivity contribution in [3.05, 3.63) is 128 Å². The number of Topliss-reactive ketones (excluding diaryl/α,β-unsaturated/α-hetero) is 1. The second-order valence-electron chi connectivity index (χ2n) is 24.7. The Morgan fingerprint density at radius 1 is 0.889 bits per heavy atom. The first-order chi connectivity index (χ1) is 45.8. The summed E-state index contributed by atoms with van der Waals surface area (Å²) in [4.78, 5) is 70.2. The van der Waals surface area contributed by atoms with Crippen LogP contribution in [-0.4, -0.2) is 128 Å². The summed E-state index contributed by atoms with van der Waals surface area (Å²) in [6.07, 6.45) is -14.6. The van der Waals surface area contributed by atoms with E-state index in [2.05, 4.69) is 37.7 Å². The lowest BCUT2D eigenvalue weighted by atomic mass is 9.89. The van der Waals surface area contributed by atoms with E-state index in [4.69, 9.17) is 25.2 Å². The SMILES string of the molecule is CC(C)OP(=O)(Oc1cccc(CC(=O)N[C@@H](CC(=O)O)C(=O)O)c1C(C)CC(=O)CN(Cc1nn(CC(F)(F)F)c2c(-c3ccc(C#CC(C)(C)S(C)(=O)=O)nc3[C@H](Cc3cc(F)cc(F)c3)NC(=O)Cn3nc(C(F)(F)F)c4c3C(F)(F)[C@@H]3C[C@H]43)ccc(Cl)c12)S(=O)O)OC(C)C. The topological polar surface area (TPSA) is 318 Å². The Bertz CT molecular complexity index is 4410. The predicted molar refractivity (Wildman–Crippen MR) is 335 cm³/mol. The molecule has 0 saturated heterocycles. The lowest BCUT2D eigenvalue weighted by Crippen LogP contribution is -2.43. The van der Waals surface area contributed by atoms with Gasteiger partial charge in [0, 0.05) is 52.3 Å². The highest BCUT2D eigenvalue weighted by Crippen LogP contribution is 2.68. The maximum atomic E-state index is 15.8. The Balaban J connectivity index is 1.23. The number of nitrogens with zero attached hydrogens (tertiary/aromatic N) is 6. The fourth-order valence-corrected chi connectivity index (χ4v) is 13.9. The normalized spacial score (nSPS) is 16.6. The van der Waals surface area contributed by atoms with Gasteiger partial charge in [-0.05, 0) is 120 Å². The number of aromatic nitrogens is 5. The van der Waals surface area contributed by atoms with Crippen LogP contribution in [0.1, 0.15) is 136 Å². The molecule has 2 aliphatic carbocycles. The fourth-order valence-electron chi connectivity index (χ4n) is 11.4. The zero-order valence-electron chi connectivity index (χ0n) is 53.5. The van der Waals surface area contributed by atoms with Crippen molar-refractivity contribution >= 4 is 81.0 Å².